The number of hydrogen-bond donors (Lipinski definition) is 1. The second-order valence-corrected chi connectivity index (χ2v) is 4.10. The maximum atomic E-state index is 11.5. The van der Waals surface area contributed by atoms with Crippen LogP contribution in [0.2, 0.25) is 0 Å². The van der Waals surface area contributed by atoms with E-state index in [9.17, 15) is 9.59 Å². The molecule has 98 valence electrons. The van der Waals surface area contributed by atoms with E-state index in [0.29, 0.717) is 12.2 Å². The third kappa shape index (κ3) is 4.97. The Hall–Kier alpha value is -1.88. The van der Waals surface area contributed by atoms with Gasteiger partial charge < -0.3 is 15.2 Å². The lowest BCUT2D eigenvalue weighted by Gasteiger charge is -2.08. The van der Waals surface area contributed by atoms with Gasteiger partial charge in [0.1, 0.15) is 0 Å². The molecule has 0 aliphatic heterocycles. The molecule has 0 bridgehead atoms. The highest BCUT2D eigenvalue weighted by molar-refractivity contribution is 5.91. The summed E-state index contributed by atoms with van der Waals surface area (Å²) in [5, 5.41) is 0. The third-order valence-corrected chi connectivity index (χ3v) is 2.12. The third-order valence-electron chi connectivity index (χ3n) is 2.12. The monoisotopic (exact) mass is 251 g/mol. The summed E-state index contributed by atoms with van der Waals surface area (Å²) in [7, 11) is 0. The Kier molecular flexibility index (Phi) is 5.32. The molecule has 0 aliphatic carbocycles. The van der Waals surface area contributed by atoms with Crippen LogP contribution in [0.3, 0.4) is 0 Å². The van der Waals surface area contributed by atoms with Gasteiger partial charge in [0.2, 0.25) is 0 Å². The minimum Gasteiger partial charge on any atom is -0.452 e. The molecule has 0 radical (unpaired) electrons. The van der Waals surface area contributed by atoms with E-state index >= 15 is 0 Å². The minimum atomic E-state index is -0.676. The van der Waals surface area contributed by atoms with Crippen molar-refractivity contribution < 1.29 is 19.1 Å². The molecule has 0 spiro atoms. The molecule has 0 saturated heterocycles. The predicted octanol–water partition coefficient (Wildman–Crippen LogP) is 1.25. The molecule has 0 fully saturated rings. The van der Waals surface area contributed by atoms with Crippen LogP contribution >= 0.6 is 0 Å². The van der Waals surface area contributed by atoms with E-state index in [2.05, 4.69) is 4.74 Å². The van der Waals surface area contributed by atoms with Gasteiger partial charge in [0, 0.05) is 0 Å². The summed E-state index contributed by atoms with van der Waals surface area (Å²) in [6, 6.07) is 6.82. The van der Waals surface area contributed by atoms with Crippen molar-refractivity contribution in [3.8, 4) is 0 Å². The predicted molar refractivity (Wildman–Crippen MR) is 65.8 cm³/mol. The Morgan fingerprint density at radius 1 is 1.22 bits per heavy atom. The smallest absolute Gasteiger partial charge is 0.338 e. The Labute approximate surface area is 106 Å². The average molecular weight is 251 g/mol. The first-order valence-electron chi connectivity index (χ1n) is 5.65. The number of carbonyl (C=O) groups excluding carboxylic acids is 2. The summed E-state index contributed by atoms with van der Waals surface area (Å²) in [5.41, 5.74) is 6.23. The molecule has 0 saturated carbocycles. The van der Waals surface area contributed by atoms with Crippen molar-refractivity contribution >= 4 is 11.9 Å². The molecule has 5 nitrogen and oxygen atoms in total. The first-order chi connectivity index (χ1) is 8.49. The normalized spacial score (nSPS) is 10.4. The van der Waals surface area contributed by atoms with Crippen LogP contribution in [0.15, 0.2) is 24.3 Å². The lowest BCUT2D eigenvalue weighted by atomic mass is 10.1. The molecule has 1 amide bonds. The van der Waals surface area contributed by atoms with Crippen molar-refractivity contribution in [2.45, 2.75) is 26.6 Å². The van der Waals surface area contributed by atoms with Crippen LogP contribution in [0.25, 0.3) is 0 Å². The number of hydrogen-bond acceptors (Lipinski definition) is 4. The molecule has 0 aliphatic rings. The summed E-state index contributed by atoms with van der Waals surface area (Å²) >= 11 is 0. The fourth-order valence-corrected chi connectivity index (χ4v) is 1.22. The Morgan fingerprint density at radius 3 is 2.33 bits per heavy atom. The second kappa shape index (κ2) is 6.76. The number of nitrogens with two attached hydrogens (primary N) is 1. The molecule has 0 unspecified atom stereocenters. The number of primary amides is 1. The van der Waals surface area contributed by atoms with Crippen molar-refractivity contribution in [1.29, 1.82) is 0 Å². The van der Waals surface area contributed by atoms with Gasteiger partial charge in [-0.2, -0.15) is 0 Å². The Balaban J connectivity index is 2.53. The fourth-order valence-electron chi connectivity index (χ4n) is 1.22. The van der Waals surface area contributed by atoms with Gasteiger partial charge in [0.25, 0.3) is 5.91 Å². The number of esters is 1. The average Bonchev–Trinajstić information content (AvgIpc) is 2.34. The summed E-state index contributed by atoms with van der Waals surface area (Å²) < 4.78 is 10.1. The summed E-state index contributed by atoms with van der Waals surface area (Å²) in [6.07, 6.45) is 0.158. The summed E-state index contributed by atoms with van der Waals surface area (Å²) in [4.78, 5) is 21.9. The van der Waals surface area contributed by atoms with Crippen LogP contribution in [0.4, 0.5) is 0 Å². The number of benzene rings is 1. The zero-order valence-corrected chi connectivity index (χ0v) is 10.5. The lowest BCUT2D eigenvalue weighted by Crippen LogP contribution is -2.20. The van der Waals surface area contributed by atoms with Crippen LogP contribution < -0.4 is 5.73 Å². The highest BCUT2D eigenvalue weighted by Crippen LogP contribution is 2.08. The van der Waals surface area contributed by atoms with Crippen molar-refractivity contribution in [1.82, 2.24) is 0 Å². The van der Waals surface area contributed by atoms with Crippen LogP contribution in [0.1, 0.15) is 29.8 Å². The number of amides is 1. The van der Waals surface area contributed by atoms with Gasteiger partial charge in [-0.05, 0) is 31.5 Å². The topological polar surface area (TPSA) is 78.6 Å². The first kappa shape index (κ1) is 14.2. The highest BCUT2D eigenvalue weighted by Gasteiger charge is 2.08. The quantitative estimate of drug-likeness (QED) is 0.772. The fraction of sp³-hybridized carbons (Fsp3) is 0.385. The molecule has 2 N–H and O–H groups in total. The van der Waals surface area contributed by atoms with Crippen LogP contribution in [0.5, 0.6) is 0 Å². The minimum absolute atomic E-state index is 0.158. The zero-order chi connectivity index (χ0) is 13.5. The molecular weight excluding hydrogens is 234 g/mol. The number of rotatable bonds is 6. The molecule has 1 rings (SSSR count). The SMILES string of the molecule is CC(C)OCc1ccc(C(=O)OCC(N)=O)cc1. The molecule has 0 atom stereocenters. The largest absolute Gasteiger partial charge is 0.452 e. The Morgan fingerprint density at radius 2 is 1.83 bits per heavy atom. The van der Waals surface area contributed by atoms with Crippen molar-refractivity contribution in [2.75, 3.05) is 6.61 Å². The maximum absolute atomic E-state index is 11.5. The molecule has 1 aromatic rings. The number of ether oxygens (including phenoxy) is 2. The van der Waals surface area contributed by atoms with Gasteiger partial charge in [0.05, 0.1) is 18.3 Å². The van der Waals surface area contributed by atoms with E-state index in [-0.39, 0.29) is 6.10 Å². The second-order valence-electron chi connectivity index (χ2n) is 4.10. The van der Waals surface area contributed by atoms with Gasteiger partial charge in [-0.15, -0.1) is 0 Å². The first-order valence-corrected chi connectivity index (χ1v) is 5.65. The molecule has 0 heterocycles. The van der Waals surface area contributed by atoms with Gasteiger partial charge in [-0.3, -0.25) is 4.79 Å². The molecule has 0 aromatic heterocycles. The highest BCUT2D eigenvalue weighted by atomic mass is 16.5. The number of carbonyl (C=O) groups is 2. The van der Waals surface area contributed by atoms with Crippen LogP contribution in [0, 0.1) is 0 Å². The lowest BCUT2D eigenvalue weighted by molar-refractivity contribution is -0.121. The van der Waals surface area contributed by atoms with Crippen LogP contribution in [-0.2, 0) is 20.9 Å². The van der Waals surface area contributed by atoms with Gasteiger partial charge in [0.15, 0.2) is 6.61 Å². The van der Waals surface area contributed by atoms with Crippen molar-refractivity contribution in [2.24, 2.45) is 5.73 Å². The van der Waals surface area contributed by atoms with Crippen molar-refractivity contribution in [3.63, 3.8) is 0 Å². The van der Waals surface area contributed by atoms with Crippen LogP contribution in [-0.4, -0.2) is 24.6 Å². The molecule has 1 aromatic carbocycles. The van der Waals surface area contributed by atoms with Gasteiger partial charge in [-0.1, -0.05) is 12.1 Å². The van der Waals surface area contributed by atoms with Gasteiger partial charge >= 0.3 is 5.97 Å². The zero-order valence-electron chi connectivity index (χ0n) is 10.5. The van der Waals surface area contributed by atoms with E-state index in [4.69, 9.17) is 10.5 Å². The van der Waals surface area contributed by atoms with E-state index < -0.39 is 18.5 Å². The molecule has 18 heavy (non-hydrogen) atoms. The van der Waals surface area contributed by atoms with Gasteiger partial charge in [-0.25, -0.2) is 4.79 Å². The van der Waals surface area contributed by atoms with E-state index in [0.717, 1.165) is 5.56 Å². The molecular formula is C13H17NO4. The summed E-state index contributed by atoms with van der Waals surface area (Å²) in [5.74, 6) is -1.24. The van der Waals surface area contributed by atoms with Crippen molar-refractivity contribution in [3.05, 3.63) is 35.4 Å². The Bertz CT molecular complexity index is 412. The van der Waals surface area contributed by atoms with E-state index in [1.54, 1.807) is 24.3 Å². The van der Waals surface area contributed by atoms with E-state index in [1.165, 1.54) is 0 Å². The molecule has 5 heteroatoms. The van der Waals surface area contributed by atoms with E-state index in [1.807, 2.05) is 13.8 Å². The standard InChI is InChI=1S/C13H17NO4/c1-9(2)17-7-10-3-5-11(6-4-10)13(16)18-8-12(14)15/h3-6,9H,7-8H2,1-2H3,(H2,14,15). The summed E-state index contributed by atoms with van der Waals surface area (Å²) in [6.45, 7) is 4.00. The maximum Gasteiger partial charge on any atom is 0.338 e.